The predicted octanol–water partition coefficient (Wildman–Crippen LogP) is 4.91. The quantitative estimate of drug-likeness (QED) is 0.611. The molecule has 0 aliphatic carbocycles. The van der Waals surface area contributed by atoms with Gasteiger partial charge >= 0.3 is 12.2 Å². The van der Waals surface area contributed by atoms with E-state index in [1.165, 1.54) is 18.2 Å². The van der Waals surface area contributed by atoms with Gasteiger partial charge in [0.1, 0.15) is 5.82 Å². The molecule has 27 heavy (non-hydrogen) atoms. The van der Waals surface area contributed by atoms with Crippen molar-refractivity contribution in [3.05, 3.63) is 57.8 Å². The minimum Gasteiger partial charge on any atom is -0.329 e. The minimum absolute atomic E-state index is 0.225. The number of halogens is 6. The fraction of sp³-hybridized carbons (Fsp3) is 0.125. The van der Waals surface area contributed by atoms with E-state index in [0.717, 1.165) is 6.07 Å². The van der Waals surface area contributed by atoms with Gasteiger partial charge in [0, 0.05) is 10.7 Å². The molecule has 0 spiro atoms. The maximum Gasteiger partial charge on any atom is 0.419 e. The van der Waals surface area contributed by atoms with Crippen molar-refractivity contribution in [2.75, 3.05) is 17.2 Å². The Balaban J connectivity index is 1.93. The molecule has 3 N–H and O–H groups in total. The number of urea groups is 1. The second-order valence-electron chi connectivity index (χ2n) is 5.17. The summed E-state index contributed by atoms with van der Waals surface area (Å²) in [5, 5.41) is 7.19. The molecule has 0 unspecified atom stereocenters. The van der Waals surface area contributed by atoms with Crippen molar-refractivity contribution in [3.63, 3.8) is 0 Å². The smallest absolute Gasteiger partial charge is 0.329 e. The first-order valence-corrected chi connectivity index (χ1v) is 7.98. The molecule has 0 aliphatic rings. The van der Waals surface area contributed by atoms with Crippen molar-refractivity contribution in [2.45, 2.75) is 6.18 Å². The fourth-order valence-electron chi connectivity index (χ4n) is 1.94. The molecule has 5 nitrogen and oxygen atoms in total. The van der Waals surface area contributed by atoms with Crippen molar-refractivity contribution in [1.82, 2.24) is 5.32 Å². The normalized spacial score (nSPS) is 11.0. The summed E-state index contributed by atoms with van der Waals surface area (Å²) in [5.41, 5.74) is -1.59. The zero-order valence-electron chi connectivity index (χ0n) is 13.3. The van der Waals surface area contributed by atoms with Gasteiger partial charge in [-0.25, -0.2) is 9.18 Å². The number of hydrogen-bond acceptors (Lipinski definition) is 2. The molecule has 2 rings (SSSR count). The van der Waals surface area contributed by atoms with E-state index in [1.54, 1.807) is 0 Å². The van der Waals surface area contributed by atoms with Gasteiger partial charge < -0.3 is 16.0 Å². The van der Waals surface area contributed by atoms with Gasteiger partial charge in [-0.15, -0.1) is 0 Å². The van der Waals surface area contributed by atoms with Crippen LogP contribution in [0.5, 0.6) is 0 Å². The molecule has 0 bridgehead atoms. The minimum atomic E-state index is -4.91. The highest BCUT2D eigenvalue weighted by Crippen LogP contribution is 2.33. The molecule has 0 aromatic heterocycles. The van der Waals surface area contributed by atoms with E-state index in [1.807, 2.05) is 0 Å². The average Bonchev–Trinajstić information content (AvgIpc) is 2.57. The monoisotopic (exact) mass is 423 g/mol. The number of anilines is 2. The van der Waals surface area contributed by atoms with Crippen LogP contribution in [-0.2, 0) is 11.0 Å². The van der Waals surface area contributed by atoms with E-state index < -0.39 is 36.0 Å². The van der Waals surface area contributed by atoms with Crippen molar-refractivity contribution in [3.8, 4) is 0 Å². The summed E-state index contributed by atoms with van der Waals surface area (Å²) in [6.45, 7) is -0.498. The molecule has 0 aliphatic heterocycles. The van der Waals surface area contributed by atoms with Crippen LogP contribution in [0.2, 0.25) is 10.0 Å². The maximum atomic E-state index is 13.2. The molecular weight excluding hydrogens is 413 g/mol. The SMILES string of the molecule is O=C(CNC(=O)Nc1ccc(F)c(C(F)(F)F)c1)Nc1cc(Cl)ccc1Cl. The van der Waals surface area contributed by atoms with E-state index in [9.17, 15) is 27.2 Å². The summed E-state index contributed by atoms with van der Waals surface area (Å²) in [5.74, 6) is -2.12. The second-order valence-corrected chi connectivity index (χ2v) is 6.02. The van der Waals surface area contributed by atoms with E-state index in [2.05, 4.69) is 16.0 Å². The van der Waals surface area contributed by atoms with Gasteiger partial charge in [-0.1, -0.05) is 23.2 Å². The lowest BCUT2D eigenvalue weighted by Gasteiger charge is -2.12. The van der Waals surface area contributed by atoms with Gasteiger partial charge in [0.15, 0.2) is 0 Å². The van der Waals surface area contributed by atoms with Crippen molar-refractivity contribution in [2.24, 2.45) is 0 Å². The van der Waals surface area contributed by atoms with Crippen LogP contribution in [0.3, 0.4) is 0 Å². The highest BCUT2D eigenvalue weighted by Gasteiger charge is 2.34. The van der Waals surface area contributed by atoms with Crippen molar-refractivity contribution in [1.29, 1.82) is 0 Å². The molecule has 2 aromatic carbocycles. The van der Waals surface area contributed by atoms with E-state index in [-0.39, 0.29) is 16.4 Å². The highest BCUT2D eigenvalue weighted by atomic mass is 35.5. The Hall–Kier alpha value is -2.52. The van der Waals surface area contributed by atoms with Crippen LogP contribution in [0.25, 0.3) is 0 Å². The van der Waals surface area contributed by atoms with Crippen LogP contribution in [-0.4, -0.2) is 18.5 Å². The van der Waals surface area contributed by atoms with E-state index >= 15 is 0 Å². The molecule has 0 atom stereocenters. The van der Waals surface area contributed by atoms with Gasteiger partial charge in [-0.2, -0.15) is 13.2 Å². The number of benzene rings is 2. The predicted molar refractivity (Wildman–Crippen MR) is 93.5 cm³/mol. The third-order valence-electron chi connectivity index (χ3n) is 3.14. The van der Waals surface area contributed by atoms with Crippen molar-refractivity contribution >= 4 is 46.5 Å². The van der Waals surface area contributed by atoms with Gasteiger partial charge in [-0.3, -0.25) is 4.79 Å². The third kappa shape index (κ3) is 6.00. The Labute approximate surface area is 160 Å². The van der Waals surface area contributed by atoms with Gasteiger partial charge in [0.25, 0.3) is 0 Å². The van der Waals surface area contributed by atoms with Crippen molar-refractivity contribution < 1.29 is 27.2 Å². The molecule has 0 saturated heterocycles. The summed E-state index contributed by atoms with van der Waals surface area (Å²) in [4.78, 5) is 23.5. The number of alkyl halides is 3. The highest BCUT2D eigenvalue weighted by molar-refractivity contribution is 6.35. The van der Waals surface area contributed by atoms with Crippen LogP contribution in [0.15, 0.2) is 36.4 Å². The first-order chi connectivity index (χ1) is 12.6. The number of hydrogen-bond donors (Lipinski definition) is 3. The van der Waals surface area contributed by atoms with Gasteiger partial charge in [-0.05, 0) is 36.4 Å². The van der Waals surface area contributed by atoms with Crippen LogP contribution in [0.4, 0.5) is 33.7 Å². The lowest BCUT2D eigenvalue weighted by atomic mass is 10.2. The van der Waals surface area contributed by atoms with Gasteiger partial charge in [0.05, 0.1) is 22.8 Å². The summed E-state index contributed by atoms with van der Waals surface area (Å²) in [7, 11) is 0. The van der Waals surface area contributed by atoms with Crippen LogP contribution >= 0.6 is 23.2 Å². The van der Waals surface area contributed by atoms with Crippen LogP contribution in [0.1, 0.15) is 5.56 Å². The first-order valence-electron chi connectivity index (χ1n) is 7.23. The molecule has 0 heterocycles. The topological polar surface area (TPSA) is 70.2 Å². The Kier molecular flexibility index (Phi) is 6.50. The number of carbonyl (C=O) groups excluding carboxylic acids is 2. The average molecular weight is 424 g/mol. The van der Waals surface area contributed by atoms with Crippen LogP contribution < -0.4 is 16.0 Å². The standard InChI is InChI=1S/C16H11Cl2F4N3O2/c17-8-1-3-11(18)13(5-8)25-14(26)7-23-15(27)24-9-2-4-12(19)10(6-9)16(20,21)22/h1-6H,7H2,(H,25,26)(H2,23,24,27). The maximum absolute atomic E-state index is 13.2. The number of rotatable bonds is 4. The Morgan fingerprint density at radius 2 is 1.70 bits per heavy atom. The summed E-state index contributed by atoms with van der Waals surface area (Å²) in [6.07, 6.45) is -4.91. The Morgan fingerprint density at radius 1 is 1.00 bits per heavy atom. The number of amides is 3. The lowest BCUT2D eigenvalue weighted by Crippen LogP contribution is -2.35. The molecular formula is C16H11Cl2F4N3O2. The molecule has 3 amide bonds. The Bertz CT molecular complexity index is 875. The fourth-order valence-corrected chi connectivity index (χ4v) is 2.28. The lowest BCUT2D eigenvalue weighted by molar-refractivity contribution is -0.139. The third-order valence-corrected chi connectivity index (χ3v) is 3.71. The second kappa shape index (κ2) is 8.45. The van der Waals surface area contributed by atoms with E-state index in [0.29, 0.717) is 17.2 Å². The largest absolute Gasteiger partial charge is 0.419 e. The number of carbonyl (C=O) groups is 2. The molecule has 2 aromatic rings. The van der Waals surface area contributed by atoms with Gasteiger partial charge in [0.2, 0.25) is 5.91 Å². The molecule has 144 valence electrons. The zero-order valence-corrected chi connectivity index (χ0v) is 14.8. The zero-order chi connectivity index (χ0) is 20.2. The van der Waals surface area contributed by atoms with E-state index in [4.69, 9.17) is 23.2 Å². The first kappa shape index (κ1) is 20.8. The summed E-state index contributed by atoms with van der Waals surface area (Å²) in [6, 6.07) is 5.40. The Morgan fingerprint density at radius 3 is 2.37 bits per heavy atom. The summed E-state index contributed by atoms with van der Waals surface area (Å²) >= 11 is 11.7. The summed E-state index contributed by atoms with van der Waals surface area (Å²) < 4.78 is 51.1. The number of nitrogens with one attached hydrogen (secondary N) is 3. The molecule has 0 radical (unpaired) electrons. The molecule has 0 fully saturated rings. The van der Waals surface area contributed by atoms with Crippen LogP contribution in [0, 0.1) is 5.82 Å². The molecule has 0 saturated carbocycles. The molecule has 11 heteroatoms.